The van der Waals surface area contributed by atoms with E-state index >= 15 is 0 Å². The minimum Gasteiger partial charge on any atom is -0.396 e. The van der Waals surface area contributed by atoms with Gasteiger partial charge in [0.1, 0.15) is 0 Å². The maximum Gasteiger partial charge on any atom is 0.0739 e. The average Bonchev–Trinajstić information content (AvgIpc) is 2.06. The van der Waals surface area contributed by atoms with Crippen LogP contribution in [0.15, 0.2) is 18.2 Å². The molecule has 0 aromatic heterocycles. The summed E-state index contributed by atoms with van der Waals surface area (Å²) in [5.41, 5.74) is 7.58. The van der Waals surface area contributed by atoms with E-state index in [1.807, 2.05) is 12.1 Å². The van der Waals surface area contributed by atoms with Gasteiger partial charge >= 0.3 is 0 Å². The number of anilines is 2. The minimum atomic E-state index is 0.231. The Bertz CT molecular complexity index is 316. The van der Waals surface area contributed by atoms with Crippen molar-refractivity contribution in [2.45, 2.75) is 20.8 Å². The lowest BCUT2D eigenvalue weighted by molar-refractivity contribution is 0.443. The number of hydrogen-bond acceptors (Lipinski definition) is 2. The molecule has 0 aliphatic rings. The molecule has 1 aromatic rings. The third kappa shape index (κ3) is 3.11. The number of para-hydroxylation sites is 1. The van der Waals surface area contributed by atoms with E-state index in [2.05, 4.69) is 26.1 Å². The summed E-state index contributed by atoms with van der Waals surface area (Å²) in [7, 11) is 0. The van der Waals surface area contributed by atoms with Crippen LogP contribution in [0.4, 0.5) is 11.4 Å². The fraction of sp³-hybridized carbons (Fsp3) is 0.455. The van der Waals surface area contributed by atoms with Gasteiger partial charge < -0.3 is 11.1 Å². The molecule has 0 aliphatic carbocycles. The van der Waals surface area contributed by atoms with Gasteiger partial charge in [0.15, 0.2) is 0 Å². The third-order valence-corrected chi connectivity index (χ3v) is 2.19. The first-order chi connectivity index (χ1) is 6.40. The average molecular weight is 213 g/mol. The van der Waals surface area contributed by atoms with Crippen molar-refractivity contribution in [1.29, 1.82) is 0 Å². The maximum absolute atomic E-state index is 5.90. The van der Waals surface area contributed by atoms with E-state index in [1.165, 1.54) is 0 Å². The van der Waals surface area contributed by atoms with Crippen molar-refractivity contribution in [3.63, 3.8) is 0 Å². The van der Waals surface area contributed by atoms with Gasteiger partial charge in [0.05, 0.1) is 16.4 Å². The molecule has 0 bridgehead atoms. The van der Waals surface area contributed by atoms with Crippen LogP contribution < -0.4 is 11.1 Å². The monoisotopic (exact) mass is 212 g/mol. The highest BCUT2D eigenvalue weighted by Crippen LogP contribution is 2.27. The van der Waals surface area contributed by atoms with Crippen molar-refractivity contribution in [1.82, 2.24) is 0 Å². The third-order valence-electron chi connectivity index (χ3n) is 1.86. The molecule has 0 radical (unpaired) electrons. The molecular weight excluding hydrogens is 196 g/mol. The van der Waals surface area contributed by atoms with E-state index in [-0.39, 0.29) is 5.41 Å². The number of nitrogen functional groups attached to an aromatic ring is 1. The second-order valence-corrected chi connectivity index (χ2v) is 5.02. The summed E-state index contributed by atoms with van der Waals surface area (Å²) in [6.45, 7) is 7.37. The normalized spacial score (nSPS) is 11.4. The summed E-state index contributed by atoms with van der Waals surface area (Å²) in [6.07, 6.45) is 0. The Hall–Kier alpha value is -0.890. The number of benzene rings is 1. The van der Waals surface area contributed by atoms with E-state index < -0.39 is 0 Å². The van der Waals surface area contributed by atoms with Gasteiger partial charge in [-0.05, 0) is 17.5 Å². The molecule has 0 saturated heterocycles. The van der Waals surface area contributed by atoms with Crippen LogP contribution in [0.25, 0.3) is 0 Å². The van der Waals surface area contributed by atoms with Gasteiger partial charge in [0.25, 0.3) is 0 Å². The summed E-state index contributed by atoms with van der Waals surface area (Å²) >= 11 is 5.90. The van der Waals surface area contributed by atoms with Gasteiger partial charge in [-0.25, -0.2) is 0 Å². The smallest absolute Gasteiger partial charge is 0.0739 e. The van der Waals surface area contributed by atoms with Crippen LogP contribution in [0.5, 0.6) is 0 Å². The largest absolute Gasteiger partial charge is 0.396 e. The number of hydrogen-bond donors (Lipinski definition) is 2. The zero-order chi connectivity index (χ0) is 10.8. The Kier molecular flexibility index (Phi) is 3.27. The molecule has 3 N–H and O–H groups in total. The second kappa shape index (κ2) is 4.09. The Morgan fingerprint density at radius 1 is 1.36 bits per heavy atom. The first-order valence-corrected chi connectivity index (χ1v) is 5.06. The quantitative estimate of drug-likeness (QED) is 0.738. The minimum absolute atomic E-state index is 0.231. The maximum atomic E-state index is 5.90. The Morgan fingerprint density at radius 3 is 2.57 bits per heavy atom. The fourth-order valence-electron chi connectivity index (χ4n) is 1.05. The SMILES string of the molecule is CC(C)(C)CNc1cccc(Cl)c1N. The zero-order valence-corrected chi connectivity index (χ0v) is 9.65. The van der Waals surface area contributed by atoms with E-state index in [1.54, 1.807) is 6.07 Å². The summed E-state index contributed by atoms with van der Waals surface area (Å²) in [4.78, 5) is 0. The molecule has 0 fully saturated rings. The fourth-order valence-corrected chi connectivity index (χ4v) is 1.23. The van der Waals surface area contributed by atoms with Crippen molar-refractivity contribution < 1.29 is 0 Å². The van der Waals surface area contributed by atoms with Gasteiger partial charge in [-0.15, -0.1) is 0 Å². The lowest BCUT2D eigenvalue weighted by atomic mass is 9.97. The highest BCUT2D eigenvalue weighted by Gasteiger charge is 2.10. The highest BCUT2D eigenvalue weighted by atomic mass is 35.5. The van der Waals surface area contributed by atoms with Crippen molar-refractivity contribution in [3.05, 3.63) is 23.2 Å². The number of nitrogens with two attached hydrogens (primary N) is 1. The molecule has 78 valence electrons. The van der Waals surface area contributed by atoms with Gasteiger partial charge in [-0.1, -0.05) is 38.4 Å². The van der Waals surface area contributed by atoms with Crippen LogP contribution in [0.3, 0.4) is 0 Å². The molecular formula is C11H17ClN2. The van der Waals surface area contributed by atoms with E-state index in [4.69, 9.17) is 17.3 Å². The van der Waals surface area contributed by atoms with Gasteiger partial charge in [0.2, 0.25) is 0 Å². The molecule has 1 aromatic carbocycles. The topological polar surface area (TPSA) is 38.0 Å². The highest BCUT2D eigenvalue weighted by molar-refractivity contribution is 6.33. The van der Waals surface area contributed by atoms with Crippen LogP contribution in [-0.4, -0.2) is 6.54 Å². The van der Waals surface area contributed by atoms with Crippen LogP contribution in [-0.2, 0) is 0 Å². The van der Waals surface area contributed by atoms with Crippen molar-refractivity contribution in [2.75, 3.05) is 17.6 Å². The van der Waals surface area contributed by atoms with E-state index in [0.717, 1.165) is 12.2 Å². The Labute approximate surface area is 90.4 Å². The van der Waals surface area contributed by atoms with E-state index in [0.29, 0.717) is 10.7 Å². The van der Waals surface area contributed by atoms with Crippen LogP contribution in [0.1, 0.15) is 20.8 Å². The number of nitrogens with one attached hydrogen (secondary N) is 1. The summed E-state index contributed by atoms with van der Waals surface area (Å²) in [5.74, 6) is 0. The molecule has 0 unspecified atom stereocenters. The molecule has 1 rings (SSSR count). The molecule has 2 nitrogen and oxygen atoms in total. The molecule has 0 amide bonds. The second-order valence-electron chi connectivity index (χ2n) is 4.62. The summed E-state index contributed by atoms with van der Waals surface area (Å²) in [6, 6.07) is 5.62. The van der Waals surface area contributed by atoms with E-state index in [9.17, 15) is 0 Å². The Balaban J connectivity index is 2.73. The molecule has 0 saturated carbocycles. The standard InChI is InChI=1S/C11H17ClN2/c1-11(2,3)7-14-9-6-4-5-8(12)10(9)13/h4-6,14H,7,13H2,1-3H3. The van der Waals surface area contributed by atoms with Gasteiger partial charge in [0, 0.05) is 6.54 Å². The Morgan fingerprint density at radius 2 is 2.00 bits per heavy atom. The van der Waals surface area contributed by atoms with Crippen LogP contribution in [0.2, 0.25) is 5.02 Å². The van der Waals surface area contributed by atoms with Crippen LogP contribution >= 0.6 is 11.6 Å². The van der Waals surface area contributed by atoms with Crippen molar-refractivity contribution in [3.8, 4) is 0 Å². The first kappa shape index (κ1) is 11.2. The number of rotatable bonds is 2. The molecule has 0 spiro atoms. The van der Waals surface area contributed by atoms with Gasteiger partial charge in [-0.3, -0.25) is 0 Å². The molecule has 0 heterocycles. The molecule has 0 atom stereocenters. The first-order valence-electron chi connectivity index (χ1n) is 4.68. The van der Waals surface area contributed by atoms with Gasteiger partial charge in [-0.2, -0.15) is 0 Å². The predicted octanol–water partition coefficient (Wildman–Crippen LogP) is 3.38. The lowest BCUT2D eigenvalue weighted by Crippen LogP contribution is -2.19. The number of halogens is 1. The van der Waals surface area contributed by atoms with Crippen LogP contribution in [0, 0.1) is 5.41 Å². The summed E-state index contributed by atoms with van der Waals surface area (Å²) in [5, 5.41) is 3.89. The van der Waals surface area contributed by atoms with Crippen molar-refractivity contribution >= 4 is 23.0 Å². The molecule has 3 heteroatoms. The predicted molar refractivity (Wildman–Crippen MR) is 63.8 cm³/mol. The van der Waals surface area contributed by atoms with Crippen molar-refractivity contribution in [2.24, 2.45) is 5.41 Å². The lowest BCUT2D eigenvalue weighted by Gasteiger charge is -2.20. The molecule has 0 aliphatic heterocycles. The molecule has 14 heavy (non-hydrogen) atoms. The summed E-state index contributed by atoms with van der Waals surface area (Å²) < 4.78 is 0. The zero-order valence-electron chi connectivity index (χ0n) is 8.89.